The Morgan fingerprint density at radius 1 is 1.16 bits per heavy atom. The van der Waals surface area contributed by atoms with E-state index < -0.39 is 78.5 Å². The van der Waals surface area contributed by atoms with Crippen LogP contribution in [0.5, 0.6) is 0 Å². The van der Waals surface area contributed by atoms with Gasteiger partial charge in [0.1, 0.15) is 24.4 Å². The van der Waals surface area contributed by atoms with E-state index in [2.05, 4.69) is 11.9 Å². The fourth-order valence-electron chi connectivity index (χ4n) is 7.27. The molecule has 0 unspecified atom stereocenters. The average molecular weight is 780 g/mol. The number of carbonyl (C=O) groups is 4. The highest BCUT2D eigenvalue weighted by Crippen LogP contribution is 2.49. The van der Waals surface area contributed by atoms with Crippen LogP contribution in [0.1, 0.15) is 67.6 Å². The number of hydrogen-bond donors (Lipinski definition) is 4. The summed E-state index contributed by atoms with van der Waals surface area (Å²) >= 11 is 6.72. The predicted octanol–water partition coefficient (Wildman–Crippen LogP) is 4.55. The quantitative estimate of drug-likeness (QED) is 0.230. The Kier molecular flexibility index (Phi) is 12.6. The number of esters is 1. The number of aliphatic hydroxyl groups is 3. The van der Waals surface area contributed by atoms with Crippen molar-refractivity contribution < 1.29 is 48.7 Å². The highest BCUT2D eigenvalue weighted by molar-refractivity contribution is 6.34. The number of carbonyl (C=O) groups excluding carboxylic acids is 4. The normalized spacial score (nSPS) is 29.8. The van der Waals surface area contributed by atoms with E-state index in [4.69, 9.17) is 25.8 Å². The molecule has 0 radical (unpaired) electrons. The molecule has 3 amide bonds. The van der Waals surface area contributed by atoms with Crippen LogP contribution >= 0.6 is 11.6 Å². The zero-order valence-electron chi connectivity index (χ0n) is 32.0. The first-order valence-electron chi connectivity index (χ1n) is 18.1. The van der Waals surface area contributed by atoms with Crippen LogP contribution in [0.25, 0.3) is 5.57 Å². The molecule has 0 aromatic heterocycles. The summed E-state index contributed by atoms with van der Waals surface area (Å²) in [5.41, 5.74) is 1.30. The van der Waals surface area contributed by atoms with Crippen LogP contribution < -0.4 is 10.2 Å². The Morgan fingerprint density at radius 2 is 1.84 bits per heavy atom. The Balaban J connectivity index is 1.48. The molecule has 14 heteroatoms. The molecule has 2 aromatic carbocycles. The molecule has 5 rings (SSSR count). The molecule has 3 heterocycles. The van der Waals surface area contributed by atoms with E-state index in [0.717, 1.165) is 22.3 Å². The van der Waals surface area contributed by atoms with Gasteiger partial charge in [0.2, 0.25) is 5.91 Å². The van der Waals surface area contributed by atoms with Crippen LogP contribution in [0.4, 0.5) is 10.5 Å². The van der Waals surface area contributed by atoms with E-state index >= 15 is 0 Å². The van der Waals surface area contributed by atoms with Crippen molar-refractivity contribution in [3.05, 3.63) is 94.1 Å². The van der Waals surface area contributed by atoms with Gasteiger partial charge in [0.15, 0.2) is 5.72 Å². The van der Waals surface area contributed by atoms with Crippen molar-refractivity contribution in [2.75, 3.05) is 32.1 Å². The molecule has 3 aliphatic rings. The minimum Gasteiger partial charge on any atom is -0.457 e. The largest absolute Gasteiger partial charge is 0.457 e. The number of amides is 3. The Bertz CT molecular complexity index is 1900. The zero-order chi connectivity index (χ0) is 40.4. The van der Waals surface area contributed by atoms with Gasteiger partial charge >= 0.3 is 12.1 Å². The summed E-state index contributed by atoms with van der Waals surface area (Å²) in [6.07, 6.45) is 1.37. The minimum absolute atomic E-state index is 0.102. The summed E-state index contributed by atoms with van der Waals surface area (Å²) in [7, 11) is 3.00. The molecular weight excluding hydrogens is 730 g/mol. The number of halogens is 1. The van der Waals surface area contributed by atoms with Crippen molar-refractivity contribution in [2.24, 2.45) is 11.8 Å². The predicted molar refractivity (Wildman–Crippen MR) is 206 cm³/mol. The zero-order valence-corrected chi connectivity index (χ0v) is 32.8. The number of benzene rings is 2. The number of anilines is 1. The van der Waals surface area contributed by atoms with Crippen LogP contribution in [0.2, 0.25) is 5.02 Å². The van der Waals surface area contributed by atoms with Crippen molar-refractivity contribution in [2.45, 2.75) is 83.2 Å². The molecular formula is C41H50ClN3O10. The monoisotopic (exact) mass is 779 g/mol. The van der Waals surface area contributed by atoms with Crippen LogP contribution in [0.3, 0.4) is 0 Å². The Morgan fingerprint density at radius 3 is 2.47 bits per heavy atom. The SMILES string of the molecule is C=C(C)c1ccc(C(=O)N(C)CC(=O)O[C@H]2CC(=O)N(C)c3cc(cc(CO)c3Cl)C/C(C)=C/C=C/[C@@H](CO)[C@@]3(O)C[C@H](OC(=O)N3)[C@@H](C)[C@@H]3O[C@@]23C)cc1. The van der Waals surface area contributed by atoms with Crippen molar-refractivity contribution >= 4 is 46.7 Å². The van der Waals surface area contributed by atoms with Gasteiger partial charge in [-0.25, -0.2) is 4.79 Å². The third kappa shape index (κ3) is 9.13. The highest BCUT2D eigenvalue weighted by Gasteiger charge is 2.64. The molecule has 0 spiro atoms. The molecule has 3 aliphatic heterocycles. The van der Waals surface area contributed by atoms with Gasteiger partial charge in [0, 0.05) is 37.9 Å². The summed E-state index contributed by atoms with van der Waals surface area (Å²) in [4.78, 5) is 56.3. The van der Waals surface area contributed by atoms with Crippen LogP contribution in [-0.4, -0.2) is 101 Å². The van der Waals surface area contributed by atoms with Crippen LogP contribution in [0.15, 0.2) is 66.8 Å². The van der Waals surface area contributed by atoms with Crippen molar-refractivity contribution in [1.82, 2.24) is 10.2 Å². The average Bonchev–Trinajstić information content (AvgIpc) is 3.83. The lowest BCUT2D eigenvalue weighted by molar-refractivity contribution is -0.154. The summed E-state index contributed by atoms with van der Waals surface area (Å²) in [5, 5.41) is 34.8. The minimum atomic E-state index is -1.87. The first-order valence-corrected chi connectivity index (χ1v) is 18.5. The van der Waals surface area contributed by atoms with Crippen LogP contribution in [0, 0.1) is 11.8 Å². The smallest absolute Gasteiger partial charge is 0.409 e. The van der Waals surface area contributed by atoms with Gasteiger partial charge in [0.25, 0.3) is 5.91 Å². The van der Waals surface area contributed by atoms with Gasteiger partial charge in [-0.15, -0.1) is 0 Å². The first-order chi connectivity index (χ1) is 25.9. The number of ether oxygens (including phenoxy) is 3. The summed E-state index contributed by atoms with van der Waals surface area (Å²) in [5.74, 6) is -3.17. The lowest BCUT2D eigenvalue weighted by Gasteiger charge is -2.42. The standard InChI is InChI=1S/C41H50ClN3O10/c1-23(2)27-11-13-28(14-12-27)38(50)44(6)20-35(49)54-33-18-34(48)45(7)31-17-26(16-29(21-46)36(31)42)15-24(3)9-8-10-30(22-47)41(52)19-32(53-39(51)43-41)25(4)37-40(33,5)55-37/h8-14,16-17,25,30,32-33,37,46-47,52H,1,15,18-22H2,2-7H3,(H,43,51)/b10-8+,24-9+/t25-,30+,32+,33+,37+,40+,41+/m1/s1. The fraction of sp³-hybridized carbons (Fsp3) is 0.463. The van der Waals surface area contributed by atoms with E-state index in [9.17, 15) is 34.5 Å². The molecule has 4 N–H and O–H groups in total. The number of nitrogens with one attached hydrogen (secondary N) is 1. The fourth-order valence-corrected chi connectivity index (χ4v) is 7.57. The number of epoxide rings is 1. The summed E-state index contributed by atoms with van der Waals surface area (Å²) in [6.45, 7) is 9.78. The van der Waals surface area contributed by atoms with E-state index in [-0.39, 0.29) is 24.5 Å². The van der Waals surface area contributed by atoms with Gasteiger partial charge in [-0.3, -0.25) is 19.7 Å². The van der Waals surface area contributed by atoms with Gasteiger partial charge in [-0.1, -0.05) is 72.7 Å². The summed E-state index contributed by atoms with van der Waals surface area (Å²) in [6, 6.07) is 10.3. The molecule has 2 aromatic rings. The number of nitrogens with zero attached hydrogens (tertiary/aromatic N) is 2. The molecule has 55 heavy (non-hydrogen) atoms. The maximum absolute atomic E-state index is 14.1. The van der Waals surface area contributed by atoms with Gasteiger partial charge in [-0.05, 0) is 62.1 Å². The third-order valence-corrected chi connectivity index (χ3v) is 11.2. The molecule has 2 saturated heterocycles. The van der Waals surface area contributed by atoms with E-state index in [1.807, 2.05) is 13.8 Å². The second-order valence-electron chi connectivity index (χ2n) is 15.0. The molecule has 4 bridgehead atoms. The second kappa shape index (κ2) is 16.7. The highest BCUT2D eigenvalue weighted by atomic mass is 35.5. The number of allylic oxidation sites excluding steroid dienone is 4. The number of hydrogen-bond acceptors (Lipinski definition) is 10. The Hall–Kier alpha value is -4.53. The Labute approximate surface area is 326 Å². The second-order valence-corrected chi connectivity index (χ2v) is 15.4. The van der Waals surface area contributed by atoms with E-state index in [0.29, 0.717) is 23.2 Å². The van der Waals surface area contributed by atoms with Gasteiger partial charge in [0.05, 0.1) is 36.4 Å². The number of rotatable bonds is 7. The third-order valence-electron chi connectivity index (χ3n) is 10.8. The van der Waals surface area contributed by atoms with E-state index in [1.54, 1.807) is 68.5 Å². The number of alkyl carbamates (subject to hydrolysis) is 1. The molecule has 2 fully saturated rings. The molecule has 13 nitrogen and oxygen atoms in total. The van der Waals surface area contributed by atoms with E-state index in [1.165, 1.54) is 23.9 Å². The van der Waals surface area contributed by atoms with Crippen LogP contribution in [-0.2, 0) is 36.8 Å². The van der Waals surface area contributed by atoms with Crippen molar-refractivity contribution in [3.63, 3.8) is 0 Å². The number of aliphatic hydroxyl groups excluding tert-OH is 2. The lowest BCUT2D eigenvalue weighted by atomic mass is 9.81. The van der Waals surface area contributed by atoms with Crippen molar-refractivity contribution in [3.8, 4) is 0 Å². The maximum Gasteiger partial charge on any atom is 0.409 e. The first kappa shape index (κ1) is 41.6. The van der Waals surface area contributed by atoms with Gasteiger partial charge in [-0.2, -0.15) is 0 Å². The number of fused-ring (bicyclic) bond motifs is 5. The molecule has 296 valence electrons. The summed E-state index contributed by atoms with van der Waals surface area (Å²) < 4.78 is 17.8. The number of likely N-dealkylation sites (N-methyl/N-ethyl adjacent to an activating group) is 1. The lowest BCUT2D eigenvalue weighted by Crippen LogP contribution is -2.62. The molecule has 7 atom stereocenters. The molecule has 0 saturated carbocycles. The topological polar surface area (TPSA) is 178 Å². The maximum atomic E-state index is 14.1. The molecule has 0 aliphatic carbocycles. The van der Waals surface area contributed by atoms with Crippen molar-refractivity contribution in [1.29, 1.82) is 0 Å². The van der Waals surface area contributed by atoms with Gasteiger partial charge < -0.3 is 39.3 Å².